The van der Waals surface area contributed by atoms with Crippen LogP contribution in [0.3, 0.4) is 0 Å². The Morgan fingerprint density at radius 1 is 1.28 bits per heavy atom. The number of carbonyl (C=O) groups excluding carboxylic acids is 3. The van der Waals surface area contributed by atoms with Gasteiger partial charge >= 0.3 is 12.0 Å². The average molecular weight is 362 g/mol. The van der Waals surface area contributed by atoms with Crippen molar-refractivity contribution in [1.29, 1.82) is 0 Å². The van der Waals surface area contributed by atoms with E-state index in [-0.39, 0.29) is 0 Å². The van der Waals surface area contributed by atoms with Gasteiger partial charge in [0.2, 0.25) is 0 Å². The molecule has 1 heterocycles. The zero-order valence-corrected chi connectivity index (χ0v) is 14.8. The van der Waals surface area contributed by atoms with Crippen molar-refractivity contribution in [3.05, 3.63) is 40.1 Å². The van der Waals surface area contributed by atoms with Crippen molar-refractivity contribution in [2.24, 2.45) is 0 Å². The third-order valence-electron chi connectivity index (χ3n) is 3.67. The molecule has 0 aliphatic heterocycles. The van der Waals surface area contributed by atoms with Gasteiger partial charge in [0.05, 0.1) is 0 Å². The lowest BCUT2D eigenvalue weighted by atomic mass is 9.97. The molecule has 7 heteroatoms. The first-order chi connectivity index (χ1) is 12.1. The third kappa shape index (κ3) is 7.80. The molecule has 0 radical (unpaired) electrons. The van der Waals surface area contributed by atoms with E-state index in [0.717, 1.165) is 24.8 Å². The van der Waals surface area contributed by atoms with Crippen molar-refractivity contribution in [3.63, 3.8) is 0 Å². The van der Waals surface area contributed by atoms with Gasteiger partial charge in [-0.15, -0.1) is 0 Å². The first kappa shape index (κ1) is 18.9. The number of esters is 1. The van der Waals surface area contributed by atoms with E-state index in [1.54, 1.807) is 6.08 Å². The molecular formula is C18H22N2O4S. The van der Waals surface area contributed by atoms with Gasteiger partial charge in [0.25, 0.3) is 5.91 Å². The molecule has 1 aliphatic rings. The van der Waals surface area contributed by atoms with E-state index < -0.39 is 24.5 Å². The minimum Gasteiger partial charge on any atom is -0.452 e. The number of ether oxygens (including phenoxy) is 1. The Bertz CT molecular complexity index is 650. The zero-order chi connectivity index (χ0) is 17.9. The number of rotatable bonds is 7. The van der Waals surface area contributed by atoms with E-state index in [4.69, 9.17) is 4.74 Å². The number of allylic oxidation sites excluding steroid dienone is 1. The Labute approximate surface area is 150 Å². The highest BCUT2D eigenvalue weighted by molar-refractivity contribution is 7.08. The second kappa shape index (κ2) is 10.5. The highest BCUT2D eigenvalue weighted by Gasteiger charge is 2.10. The van der Waals surface area contributed by atoms with Crippen LogP contribution in [0.15, 0.2) is 34.6 Å². The number of urea groups is 1. The molecule has 0 fully saturated rings. The molecule has 0 saturated heterocycles. The average Bonchev–Trinajstić information content (AvgIpc) is 3.12. The fourth-order valence-corrected chi connectivity index (χ4v) is 3.02. The van der Waals surface area contributed by atoms with Crippen LogP contribution in [0, 0.1) is 0 Å². The van der Waals surface area contributed by atoms with Gasteiger partial charge in [0.1, 0.15) is 0 Å². The maximum Gasteiger partial charge on any atom is 0.331 e. The third-order valence-corrected chi connectivity index (χ3v) is 4.37. The second-order valence-electron chi connectivity index (χ2n) is 5.66. The topological polar surface area (TPSA) is 84.5 Å². The minimum atomic E-state index is -0.660. The molecule has 1 aliphatic carbocycles. The predicted octanol–water partition coefficient (Wildman–Crippen LogP) is 3.02. The lowest BCUT2D eigenvalue weighted by Gasteiger charge is -2.13. The molecule has 2 rings (SSSR count). The van der Waals surface area contributed by atoms with E-state index in [1.807, 2.05) is 16.8 Å². The van der Waals surface area contributed by atoms with Gasteiger partial charge in [-0.3, -0.25) is 10.1 Å². The Balaban J connectivity index is 1.58. The summed E-state index contributed by atoms with van der Waals surface area (Å²) in [4.78, 5) is 34.7. The molecular weight excluding hydrogens is 340 g/mol. The molecule has 0 aromatic carbocycles. The van der Waals surface area contributed by atoms with Crippen molar-refractivity contribution in [3.8, 4) is 0 Å². The zero-order valence-electron chi connectivity index (χ0n) is 14.0. The molecule has 0 unspecified atom stereocenters. The molecule has 25 heavy (non-hydrogen) atoms. The van der Waals surface area contributed by atoms with E-state index in [1.165, 1.54) is 35.8 Å². The fraction of sp³-hybridized carbons (Fsp3) is 0.389. The van der Waals surface area contributed by atoms with Crippen molar-refractivity contribution in [2.75, 3.05) is 13.2 Å². The summed E-state index contributed by atoms with van der Waals surface area (Å²) in [6, 6.07) is 1.28. The second-order valence-corrected chi connectivity index (χ2v) is 6.44. The van der Waals surface area contributed by atoms with Crippen molar-refractivity contribution in [1.82, 2.24) is 10.6 Å². The lowest BCUT2D eigenvalue weighted by molar-refractivity contribution is -0.143. The summed E-state index contributed by atoms with van der Waals surface area (Å²) in [5.74, 6) is -1.29. The summed E-state index contributed by atoms with van der Waals surface area (Å²) in [5.41, 5.74) is 2.24. The van der Waals surface area contributed by atoms with Crippen LogP contribution in [0.5, 0.6) is 0 Å². The van der Waals surface area contributed by atoms with Crippen LogP contribution in [0.1, 0.15) is 37.7 Å². The van der Waals surface area contributed by atoms with Gasteiger partial charge < -0.3 is 10.1 Å². The Hall–Kier alpha value is -2.41. The molecule has 1 aromatic rings. The normalized spacial score (nSPS) is 14.0. The first-order valence-electron chi connectivity index (χ1n) is 8.26. The van der Waals surface area contributed by atoms with E-state index in [9.17, 15) is 14.4 Å². The van der Waals surface area contributed by atoms with E-state index in [2.05, 4.69) is 16.7 Å². The lowest BCUT2D eigenvalue weighted by Crippen LogP contribution is -2.41. The van der Waals surface area contributed by atoms with Gasteiger partial charge in [0.15, 0.2) is 6.61 Å². The minimum absolute atomic E-state index is 0.480. The fourth-order valence-electron chi connectivity index (χ4n) is 2.39. The van der Waals surface area contributed by atoms with E-state index in [0.29, 0.717) is 6.54 Å². The van der Waals surface area contributed by atoms with Gasteiger partial charge in [-0.2, -0.15) is 11.3 Å². The van der Waals surface area contributed by atoms with Crippen LogP contribution in [-0.4, -0.2) is 31.1 Å². The summed E-state index contributed by atoms with van der Waals surface area (Å²) in [6.45, 7) is -0.0144. The first-order valence-corrected chi connectivity index (χ1v) is 9.20. The summed E-state index contributed by atoms with van der Waals surface area (Å²) < 4.78 is 4.78. The molecule has 1 aromatic heterocycles. The molecule has 0 atom stereocenters. The monoisotopic (exact) mass is 362 g/mol. The van der Waals surface area contributed by atoms with Gasteiger partial charge in [0, 0.05) is 12.6 Å². The van der Waals surface area contributed by atoms with E-state index >= 15 is 0 Å². The molecule has 3 amide bonds. The number of imide groups is 1. The highest BCUT2D eigenvalue weighted by Crippen LogP contribution is 2.19. The SMILES string of the molecule is O=C(COC(=O)/C=C/c1ccsc1)NC(=O)NCCC1=CCCCC1. The Morgan fingerprint density at radius 3 is 2.88 bits per heavy atom. The summed E-state index contributed by atoms with van der Waals surface area (Å²) in [5, 5.41) is 8.53. The molecule has 2 N–H and O–H groups in total. The Kier molecular flexibility index (Phi) is 7.91. The summed E-state index contributed by atoms with van der Waals surface area (Å²) in [7, 11) is 0. The molecule has 0 saturated carbocycles. The number of nitrogens with one attached hydrogen (secondary N) is 2. The van der Waals surface area contributed by atoms with Crippen LogP contribution < -0.4 is 10.6 Å². The highest BCUT2D eigenvalue weighted by atomic mass is 32.1. The van der Waals surface area contributed by atoms with Crippen LogP contribution in [-0.2, 0) is 14.3 Å². The van der Waals surface area contributed by atoms with Gasteiger partial charge in [-0.25, -0.2) is 9.59 Å². The quantitative estimate of drug-likeness (QED) is 0.444. The maximum atomic E-state index is 11.6. The number of amides is 3. The van der Waals surface area contributed by atoms with Gasteiger partial charge in [-0.1, -0.05) is 11.6 Å². The van der Waals surface area contributed by atoms with Crippen LogP contribution in [0.25, 0.3) is 6.08 Å². The number of hydrogen-bond donors (Lipinski definition) is 2. The number of thiophene rings is 1. The summed E-state index contributed by atoms with van der Waals surface area (Å²) >= 11 is 1.52. The molecule has 0 bridgehead atoms. The number of hydrogen-bond acceptors (Lipinski definition) is 5. The maximum absolute atomic E-state index is 11.6. The van der Waals surface area contributed by atoms with Crippen molar-refractivity contribution < 1.29 is 19.1 Å². The smallest absolute Gasteiger partial charge is 0.331 e. The van der Waals surface area contributed by atoms with Gasteiger partial charge in [-0.05, 0) is 60.6 Å². The largest absolute Gasteiger partial charge is 0.452 e. The van der Waals surface area contributed by atoms with Crippen LogP contribution >= 0.6 is 11.3 Å². The predicted molar refractivity (Wildman–Crippen MR) is 97.0 cm³/mol. The van der Waals surface area contributed by atoms with Crippen molar-refractivity contribution >= 4 is 35.3 Å². The van der Waals surface area contributed by atoms with Crippen molar-refractivity contribution in [2.45, 2.75) is 32.1 Å². The molecule has 6 nitrogen and oxygen atoms in total. The summed E-state index contributed by atoms with van der Waals surface area (Å²) in [6.07, 6.45) is 10.5. The van der Waals surface area contributed by atoms with Crippen LogP contribution in [0.2, 0.25) is 0 Å². The Morgan fingerprint density at radius 2 is 2.16 bits per heavy atom. The standard InChI is InChI=1S/C18H22N2O4S/c21-16(12-24-17(22)7-6-15-9-11-25-13-15)20-18(23)19-10-8-14-4-2-1-3-5-14/h4,6-7,9,11,13H,1-3,5,8,10,12H2,(H2,19,20,21,23)/b7-6+. The molecule has 0 spiro atoms. The number of carbonyl (C=O) groups is 3. The van der Waals surface area contributed by atoms with Crippen LogP contribution in [0.4, 0.5) is 4.79 Å². The molecule has 134 valence electrons.